The highest BCUT2D eigenvalue weighted by molar-refractivity contribution is 7.99. The summed E-state index contributed by atoms with van der Waals surface area (Å²) in [5, 5.41) is 11.3. The van der Waals surface area contributed by atoms with E-state index in [-0.39, 0.29) is 0 Å². The molecule has 0 spiro atoms. The minimum Gasteiger partial charge on any atom is -0.480 e. The minimum atomic E-state index is -1.08. The highest BCUT2D eigenvalue weighted by Gasteiger charge is 2.12. The Morgan fingerprint density at radius 2 is 2.18 bits per heavy atom. The molecule has 0 saturated heterocycles. The lowest BCUT2D eigenvalue weighted by Gasteiger charge is -2.08. The Bertz CT molecular complexity index is 437. The first kappa shape index (κ1) is 13.9. The first-order valence-corrected chi connectivity index (χ1v) is 6.33. The number of nitrogens with one attached hydrogen (secondary N) is 1. The Morgan fingerprint density at radius 3 is 2.76 bits per heavy atom. The fraction of sp³-hybridized carbons (Fsp3) is 0.273. The lowest BCUT2D eigenvalue weighted by molar-refractivity contribution is -0.135. The molecule has 0 unspecified atom stereocenters. The molecule has 0 radical (unpaired) electrons. The van der Waals surface area contributed by atoms with Crippen LogP contribution in [0.15, 0.2) is 23.1 Å². The van der Waals surface area contributed by atoms with Gasteiger partial charge in [-0.05, 0) is 24.0 Å². The van der Waals surface area contributed by atoms with Crippen molar-refractivity contribution >= 4 is 35.2 Å². The molecule has 1 amide bonds. The SMILES string of the molecule is CCSc1ccc(Cl)cc1C(=O)NCC(=O)O. The van der Waals surface area contributed by atoms with E-state index in [0.717, 1.165) is 10.6 Å². The predicted octanol–water partition coefficient (Wildman–Crippen LogP) is 2.27. The van der Waals surface area contributed by atoms with Crippen LogP contribution in [0.4, 0.5) is 0 Å². The number of hydrogen-bond donors (Lipinski definition) is 2. The van der Waals surface area contributed by atoms with Gasteiger partial charge in [-0.1, -0.05) is 18.5 Å². The van der Waals surface area contributed by atoms with Crippen molar-refractivity contribution in [2.75, 3.05) is 12.3 Å². The molecule has 1 aromatic carbocycles. The van der Waals surface area contributed by atoms with E-state index in [2.05, 4.69) is 5.32 Å². The van der Waals surface area contributed by atoms with Crippen LogP contribution >= 0.6 is 23.4 Å². The highest BCUT2D eigenvalue weighted by atomic mass is 35.5. The molecule has 1 rings (SSSR count). The van der Waals surface area contributed by atoms with E-state index in [1.54, 1.807) is 12.1 Å². The number of carbonyl (C=O) groups excluding carboxylic acids is 1. The van der Waals surface area contributed by atoms with Gasteiger partial charge in [0.15, 0.2) is 0 Å². The van der Waals surface area contributed by atoms with Crippen molar-refractivity contribution in [3.63, 3.8) is 0 Å². The zero-order valence-corrected chi connectivity index (χ0v) is 10.8. The molecule has 0 atom stereocenters. The van der Waals surface area contributed by atoms with Crippen LogP contribution in [0.1, 0.15) is 17.3 Å². The predicted molar refractivity (Wildman–Crippen MR) is 67.8 cm³/mol. The van der Waals surface area contributed by atoms with Gasteiger partial charge in [0, 0.05) is 9.92 Å². The molecule has 0 heterocycles. The molecule has 0 aliphatic heterocycles. The second-order valence-corrected chi connectivity index (χ2v) is 4.89. The van der Waals surface area contributed by atoms with Crippen LogP contribution in [-0.4, -0.2) is 29.3 Å². The molecule has 92 valence electrons. The van der Waals surface area contributed by atoms with Gasteiger partial charge < -0.3 is 10.4 Å². The minimum absolute atomic E-state index is 0.401. The second-order valence-electron chi connectivity index (χ2n) is 3.15. The molecule has 0 bridgehead atoms. The maximum absolute atomic E-state index is 11.8. The van der Waals surface area contributed by atoms with Crippen LogP contribution in [0.25, 0.3) is 0 Å². The first-order chi connectivity index (χ1) is 8.04. The van der Waals surface area contributed by atoms with Crippen LogP contribution < -0.4 is 5.32 Å². The molecule has 6 heteroatoms. The van der Waals surface area contributed by atoms with Gasteiger partial charge >= 0.3 is 5.97 Å². The summed E-state index contributed by atoms with van der Waals surface area (Å²) in [4.78, 5) is 22.9. The fourth-order valence-electron chi connectivity index (χ4n) is 1.21. The Kier molecular flexibility index (Phi) is 5.31. The number of amides is 1. The summed E-state index contributed by atoms with van der Waals surface area (Å²) in [5.41, 5.74) is 0.408. The number of hydrogen-bond acceptors (Lipinski definition) is 3. The van der Waals surface area contributed by atoms with Crippen LogP contribution in [-0.2, 0) is 4.79 Å². The maximum Gasteiger partial charge on any atom is 0.322 e. The Labute approximate surface area is 108 Å². The van der Waals surface area contributed by atoms with Crippen LogP contribution in [0.2, 0.25) is 5.02 Å². The van der Waals surface area contributed by atoms with Crippen LogP contribution in [0, 0.1) is 0 Å². The fourth-order valence-corrected chi connectivity index (χ4v) is 2.17. The van der Waals surface area contributed by atoms with Gasteiger partial charge in [-0.3, -0.25) is 9.59 Å². The van der Waals surface area contributed by atoms with E-state index in [1.807, 2.05) is 6.92 Å². The molecule has 2 N–H and O–H groups in total. The molecule has 1 aromatic rings. The zero-order chi connectivity index (χ0) is 12.8. The molecule has 0 fully saturated rings. The monoisotopic (exact) mass is 273 g/mol. The summed E-state index contributed by atoms with van der Waals surface area (Å²) in [5.74, 6) is -0.683. The van der Waals surface area contributed by atoms with Crippen LogP contribution in [0.5, 0.6) is 0 Å². The molecule has 4 nitrogen and oxygen atoms in total. The Balaban J connectivity index is 2.89. The number of carboxylic acids is 1. The molecular weight excluding hydrogens is 262 g/mol. The number of carboxylic acid groups (broad SMARTS) is 1. The van der Waals surface area contributed by atoms with E-state index in [0.29, 0.717) is 10.6 Å². The number of benzene rings is 1. The normalized spacial score (nSPS) is 10.0. The maximum atomic E-state index is 11.8. The van der Waals surface area contributed by atoms with Crippen molar-refractivity contribution < 1.29 is 14.7 Å². The van der Waals surface area contributed by atoms with Gasteiger partial charge in [0.05, 0.1) is 5.56 Å². The quantitative estimate of drug-likeness (QED) is 0.808. The van der Waals surface area contributed by atoms with Crippen LogP contribution in [0.3, 0.4) is 0 Å². The summed E-state index contributed by atoms with van der Waals surface area (Å²) >= 11 is 7.32. The summed E-state index contributed by atoms with van der Waals surface area (Å²) < 4.78 is 0. The topological polar surface area (TPSA) is 66.4 Å². The van der Waals surface area contributed by atoms with Crippen molar-refractivity contribution in [3.05, 3.63) is 28.8 Å². The Hall–Kier alpha value is -1.20. The molecule has 0 aromatic heterocycles. The lowest BCUT2D eigenvalue weighted by atomic mass is 10.2. The van der Waals surface area contributed by atoms with Crippen molar-refractivity contribution in [1.82, 2.24) is 5.32 Å². The van der Waals surface area contributed by atoms with Gasteiger partial charge in [-0.25, -0.2) is 0 Å². The summed E-state index contributed by atoms with van der Waals surface area (Å²) in [7, 11) is 0. The standard InChI is InChI=1S/C11H12ClNO3S/c1-2-17-9-4-3-7(12)5-8(9)11(16)13-6-10(14)15/h3-5H,2,6H2,1H3,(H,13,16)(H,14,15). The van der Waals surface area contributed by atoms with Crippen molar-refractivity contribution in [3.8, 4) is 0 Å². The molecule has 0 aliphatic carbocycles. The molecular formula is C11H12ClNO3S. The van der Waals surface area contributed by atoms with Gasteiger partial charge in [-0.15, -0.1) is 11.8 Å². The number of thioether (sulfide) groups is 1. The third kappa shape index (κ3) is 4.28. The zero-order valence-electron chi connectivity index (χ0n) is 9.20. The van der Waals surface area contributed by atoms with Gasteiger partial charge in [0.1, 0.15) is 6.54 Å². The molecule has 0 aliphatic rings. The number of carbonyl (C=O) groups is 2. The van der Waals surface area contributed by atoms with Gasteiger partial charge in [0.2, 0.25) is 0 Å². The van der Waals surface area contributed by atoms with E-state index >= 15 is 0 Å². The smallest absolute Gasteiger partial charge is 0.322 e. The average molecular weight is 274 g/mol. The third-order valence-electron chi connectivity index (χ3n) is 1.89. The Morgan fingerprint density at radius 1 is 1.47 bits per heavy atom. The first-order valence-electron chi connectivity index (χ1n) is 4.97. The lowest BCUT2D eigenvalue weighted by Crippen LogP contribution is -2.29. The number of halogens is 1. The summed E-state index contributed by atoms with van der Waals surface area (Å²) in [6.45, 7) is 1.57. The third-order valence-corrected chi connectivity index (χ3v) is 3.08. The van der Waals surface area contributed by atoms with Gasteiger partial charge in [-0.2, -0.15) is 0 Å². The summed E-state index contributed by atoms with van der Waals surface area (Å²) in [6.07, 6.45) is 0. The van der Waals surface area contributed by atoms with Gasteiger partial charge in [0.25, 0.3) is 5.91 Å². The van der Waals surface area contributed by atoms with E-state index in [1.165, 1.54) is 17.8 Å². The largest absolute Gasteiger partial charge is 0.480 e. The van der Waals surface area contributed by atoms with E-state index < -0.39 is 18.4 Å². The number of rotatable bonds is 5. The highest BCUT2D eigenvalue weighted by Crippen LogP contribution is 2.25. The molecule has 0 saturated carbocycles. The number of aliphatic carboxylic acids is 1. The van der Waals surface area contributed by atoms with Crippen molar-refractivity contribution in [1.29, 1.82) is 0 Å². The van der Waals surface area contributed by atoms with Crippen molar-refractivity contribution in [2.24, 2.45) is 0 Å². The molecule has 17 heavy (non-hydrogen) atoms. The van der Waals surface area contributed by atoms with E-state index in [4.69, 9.17) is 16.7 Å². The average Bonchev–Trinajstić information content (AvgIpc) is 2.28. The van der Waals surface area contributed by atoms with Crippen molar-refractivity contribution in [2.45, 2.75) is 11.8 Å². The summed E-state index contributed by atoms with van der Waals surface area (Å²) in [6, 6.07) is 5.00. The van der Waals surface area contributed by atoms with E-state index in [9.17, 15) is 9.59 Å². The second kappa shape index (κ2) is 6.51.